The van der Waals surface area contributed by atoms with E-state index in [-0.39, 0.29) is 18.0 Å². The average molecular weight is 373 g/mol. The molecule has 0 aliphatic carbocycles. The Morgan fingerprint density at radius 1 is 1.45 bits per heavy atom. The van der Waals surface area contributed by atoms with E-state index in [4.69, 9.17) is 4.74 Å². The van der Waals surface area contributed by atoms with Crippen molar-refractivity contribution in [2.24, 2.45) is 0 Å². The number of rotatable bonds is 2. The first-order valence-corrected chi connectivity index (χ1v) is 8.24. The molecule has 0 aromatic heterocycles. The van der Waals surface area contributed by atoms with E-state index in [2.05, 4.69) is 21.2 Å². The fraction of sp³-hybridized carbons (Fsp3) is 0.562. The first-order valence-electron chi connectivity index (χ1n) is 7.45. The quantitative estimate of drug-likeness (QED) is 0.836. The number of piperidine rings is 1. The number of likely N-dealkylation sites (tertiary alicyclic amines) is 1. The molecule has 1 aliphatic rings. The molecule has 1 fully saturated rings. The number of hydrogen-bond acceptors (Lipinski definition) is 3. The fourth-order valence-electron chi connectivity index (χ4n) is 2.42. The summed E-state index contributed by atoms with van der Waals surface area (Å²) >= 11 is 3.18. The SMILES string of the molecule is CC(C)(C)OC(=O)N1CCCC(Nc2cccc(Br)c2F)C1. The second-order valence-electron chi connectivity index (χ2n) is 6.51. The largest absolute Gasteiger partial charge is 0.444 e. The van der Waals surface area contributed by atoms with E-state index in [1.807, 2.05) is 20.8 Å². The van der Waals surface area contributed by atoms with Crippen LogP contribution in [-0.2, 0) is 4.74 Å². The lowest BCUT2D eigenvalue weighted by atomic mass is 10.1. The third-order valence-corrected chi connectivity index (χ3v) is 4.00. The van der Waals surface area contributed by atoms with Crippen LogP contribution in [0.3, 0.4) is 0 Å². The number of amides is 1. The summed E-state index contributed by atoms with van der Waals surface area (Å²) in [5.74, 6) is -0.308. The summed E-state index contributed by atoms with van der Waals surface area (Å²) in [6.07, 6.45) is 1.45. The van der Waals surface area contributed by atoms with Gasteiger partial charge in [0.15, 0.2) is 5.82 Å². The molecule has 1 N–H and O–H groups in total. The Balaban J connectivity index is 1.99. The van der Waals surface area contributed by atoms with Crippen LogP contribution in [0.4, 0.5) is 14.9 Å². The Morgan fingerprint density at radius 3 is 2.86 bits per heavy atom. The molecule has 0 radical (unpaired) electrons. The highest BCUT2D eigenvalue weighted by molar-refractivity contribution is 9.10. The van der Waals surface area contributed by atoms with Gasteiger partial charge in [0, 0.05) is 19.1 Å². The summed E-state index contributed by atoms with van der Waals surface area (Å²) in [5, 5.41) is 3.18. The van der Waals surface area contributed by atoms with Gasteiger partial charge in [-0.3, -0.25) is 0 Å². The lowest BCUT2D eigenvalue weighted by molar-refractivity contribution is 0.0206. The van der Waals surface area contributed by atoms with Crippen LogP contribution in [0.2, 0.25) is 0 Å². The second-order valence-corrected chi connectivity index (χ2v) is 7.37. The molecule has 6 heteroatoms. The highest BCUT2D eigenvalue weighted by Gasteiger charge is 2.28. The van der Waals surface area contributed by atoms with Gasteiger partial charge in [-0.25, -0.2) is 9.18 Å². The highest BCUT2D eigenvalue weighted by Crippen LogP contribution is 2.25. The molecular weight excluding hydrogens is 351 g/mol. The van der Waals surface area contributed by atoms with E-state index in [0.29, 0.717) is 23.2 Å². The number of hydrogen-bond donors (Lipinski definition) is 1. The van der Waals surface area contributed by atoms with Gasteiger partial charge in [-0.15, -0.1) is 0 Å². The van der Waals surface area contributed by atoms with Gasteiger partial charge in [0.2, 0.25) is 0 Å². The standard InChI is InChI=1S/C16H22BrFN2O2/c1-16(2,3)22-15(21)20-9-5-6-11(10-20)19-13-8-4-7-12(17)14(13)18/h4,7-8,11,19H,5-6,9-10H2,1-3H3. The average Bonchev–Trinajstić information content (AvgIpc) is 2.42. The van der Waals surface area contributed by atoms with E-state index in [9.17, 15) is 9.18 Å². The Labute approximate surface area is 139 Å². The topological polar surface area (TPSA) is 41.6 Å². The van der Waals surface area contributed by atoms with Gasteiger partial charge < -0.3 is 15.0 Å². The number of nitrogens with one attached hydrogen (secondary N) is 1. The van der Waals surface area contributed by atoms with Gasteiger partial charge in [0.1, 0.15) is 5.60 Å². The molecule has 4 nitrogen and oxygen atoms in total. The van der Waals surface area contributed by atoms with Gasteiger partial charge in [-0.05, 0) is 61.7 Å². The van der Waals surface area contributed by atoms with Crippen LogP contribution < -0.4 is 5.32 Å². The molecule has 2 rings (SSSR count). The minimum Gasteiger partial charge on any atom is -0.444 e. The molecule has 1 saturated heterocycles. The Morgan fingerprint density at radius 2 is 2.18 bits per heavy atom. The van der Waals surface area contributed by atoms with Crippen molar-refractivity contribution < 1.29 is 13.9 Å². The van der Waals surface area contributed by atoms with Crippen LogP contribution in [0.1, 0.15) is 33.6 Å². The molecule has 1 amide bonds. The minimum atomic E-state index is -0.506. The van der Waals surface area contributed by atoms with Crippen molar-refractivity contribution in [3.8, 4) is 0 Å². The number of benzene rings is 1. The van der Waals surface area contributed by atoms with Crippen molar-refractivity contribution in [1.82, 2.24) is 4.90 Å². The van der Waals surface area contributed by atoms with Crippen molar-refractivity contribution >= 4 is 27.7 Å². The zero-order valence-electron chi connectivity index (χ0n) is 13.2. The third-order valence-electron chi connectivity index (χ3n) is 3.38. The van der Waals surface area contributed by atoms with E-state index >= 15 is 0 Å². The number of halogens is 2. The first-order chi connectivity index (χ1) is 10.3. The van der Waals surface area contributed by atoms with Crippen LogP contribution in [0.25, 0.3) is 0 Å². The summed E-state index contributed by atoms with van der Waals surface area (Å²) < 4.78 is 19.8. The molecule has 1 aliphatic heterocycles. The summed E-state index contributed by atoms with van der Waals surface area (Å²) in [5.41, 5.74) is -0.0566. The van der Waals surface area contributed by atoms with Crippen LogP contribution in [0.15, 0.2) is 22.7 Å². The molecular formula is C16H22BrFN2O2. The van der Waals surface area contributed by atoms with Gasteiger partial charge in [-0.1, -0.05) is 6.07 Å². The molecule has 1 unspecified atom stereocenters. The maximum atomic E-state index is 14.0. The summed E-state index contributed by atoms with van der Waals surface area (Å²) in [7, 11) is 0. The lowest BCUT2D eigenvalue weighted by Crippen LogP contribution is -2.47. The van der Waals surface area contributed by atoms with Gasteiger partial charge in [-0.2, -0.15) is 0 Å². The van der Waals surface area contributed by atoms with Crippen molar-refractivity contribution in [3.63, 3.8) is 0 Å². The molecule has 122 valence electrons. The number of anilines is 1. The van der Waals surface area contributed by atoms with E-state index in [1.165, 1.54) is 0 Å². The smallest absolute Gasteiger partial charge is 0.410 e. The maximum absolute atomic E-state index is 14.0. The number of nitrogens with zero attached hydrogens (tertiary/aromatic N) is 1. The fourth-order valence-corrected chi connectivity index (χ4v) is 2.79. The molecule has 1 heterocycles. The van der Waals surface area contributed by atoms with Gasteiger partial charge in [0.05, 0.1) is 10.2 Å². The number of carbonyl (C=O) groups excluding carboxylic acids is 1. The molecule has 1 aromatic rings. The van der Waals surface area contributed by atoms with Crippen LogP contribution in [-0.4, -0.2) is 35.7 Å². The van der Waals surface area contributed by atoms with E-state index < -0.39 is 5.60 Å². The normalized spacial score (nSPS) is 19.0. The monoisotopic (exact) mass is 372 g/mol. The highest BCUT2D eigenvalue weighted by atomic mass is 79.9. The van der Waals surface area contributed by atoms with Crippen LogP contribution in [0.5, 0.6) is 0 Å². The van der Waals surface area contributed by atoms with Crippen molar-refractivity contribution in [1.29, 1.82) is 0 Å². The molecule has 1 atom stereocenters. The van der Waals surface area contributed by atoms with Crippen LogP contribution >= 0.6 is 15.9 Å². The molecule has 1 aromatic carbocycles. The van der Waals surface area contributed by atoms with Crippen molar-refractivity contribution in [2.75, 3.05) is 18.4 Å². The van der Waals surface area contributed by atoms with Crippen LogP contribution in [0, 0.1) is 5.82 Å². The predicted molar refractivity (Wildman–Crippen MR) is 88.6 cm³/mol. The van der Waals surface area contributed by atoms with E-state index in [0.717, 1.165) is 12.8 Å². The summed E-state index contributed by atoms with van der Waals surface area (Å²) in [6, 6.07) is 5.16. The molecule has 0 bridgehead atoms. The third kappa shape index (κ3) is 4.60. The summed E-state index contributed by atoms with van der Waals surface area (Å²) in [6.45, 7) is 6.74. The summed E-state index contributed by atoms with van der Waals surface area (Å²) in [4.78, 5) is 13.8. The van der Waals surface area contributed by atoms with Crippen molar-refractivity contribution in [3.05, 3.63) is 28.5 Å². The zero-order valence-corrected chi connectivity index (χ0v) is 14.7. The lowest BCUT2D eigenvalue weighted by Gasteiger charge is -2.34. The van der Waals surface area contributed by atoms with Gasteiger partial charge in [0.25, 0.3) is 0 Å². The van der Waals surface area contributed by atoms with E-state index in [1.54, 1.807) is 23.1 Å². The molecule has 0 spiro atoms. The number of carbonyl (C=O) groups is 1. The first kappa shape index (κ1) is 17.1. The van der Waals surface area contributed by atoms with Crippen molar-refractivity contribution in [2.45, 2.75) is 45.3 Å². The molecule has 22 heavy (non-hydrogen) atoms. The minimum absolute atomic E-state index is 0.0186. The Hall–Kier alpha value is -1.30. The Bertz CT molecular complexity index is 545. The Kier molecular flexibility index (Phi) is 5.32. The predicted octanol–water partition coefficient (Wildman–Crippen LogP) is 4.40. The zero-order chi connectivity index (χ0) is 16.3. The maximum Gasteiger partial charge on any atom is 0.410 e. The molecule has 0 saturated carbocycles. The van der Waals surface area contributed by atoms with Gasteiger partial charge >= 0.3 is 6.09 Å². The number of ether oxygens (including phenoxy) is 1. The second kappa shape index (κ2) is 6.86.